The molecule has 0 spiro atoms. The minimum atomic E-state index is -0.194. The number of ether oxygens (including phenoxy) is 2. The van der Waals surface area contributed by atoms with E-state index in [0.29, 0.717) is 22.7 Å². The van der Waals surface area contributed by atoms with Gasteiger partial charge in [-0.25, -0.2) is 0 Å². The number of H-pyrrole nitrogens is 1. The van der Waals surface area contributed by atoms with Crippen molar-refractivity contribution >= 4 is 22.5 Å². The van der Waals surface area contributed by atoms with Crippen molar-refractivity contribution in [2.24, 2.45) is 0 Å². The van der Waals surface area contributed by atoms with Crippen LogP contribution in [0.2, 0.25) is 0 Å². The molecule has 1 heterocycles. The highest BCUT2D eigenvalue weighted by atomic mass is 16.5. The molecule has 1 amide bonds. The van der Waals surface area contributed by atoms with Crippen LogP contribution in [0.5, 0.6) is 11.5 Å². The van der Waals surface area contributed by atoms with Crippen LogP contribution in [0.1, 0.15) is 10.4 Å². The second kappa shape index (κ2) is 5.81. The molecule has 0 unspecified atom stereocenters. The van der Waals surface area contributed by atoms with Gasteiger partial charge in [-0.3, -0.25) is 4.79 Å². The number of amides is 1. The summed E-state index contributed by atoms with van der Waals surface area (Å²) in [6.07, 6.45) is 1.85. The molecule has 0 fully saturated rings. The third kappa shape index (κ3) is 2.61. The van der Waals surface area contributed by atoms with Crippen LogP contribution in [0, 0.1) is 0 Å². The van der Waals surface area contributed by atoms with Crippen molar-refractivity contribution < 1.29 is 14.3 Å². The summed E-state index contributed by atoms with van der Waals surface area (Å²) in [5, 5.41) is 3.92. The smallest absolute Gasteiger partial charge is 0.255 e. The predicted octanol–water partition coefficient (Wildman–Crippen LogP) is 3.44. The molecule has 0 bridgehead atoms. The number of hydrogen-bond acceptors (Lipinski definition) is 3. The topological polar surface area (TPSA) is 63.3 Å². The molecule has 0 atom stereocenters. The minimum Gasteiger partial charge on any atom is -0.497 e. The Hall–Kier alpha value is -2.95. The Bertz CT molecular complexity index is 824. The van der Waals surface area contributed by atoms with Crippen LogP contribution in [0.3, 0.4) is 0 Å². The fourth-order valence-electron chi connectivity index (χ4n) is 2.29. The van der Waals surface area contributed by atoms with Crippen LogP contribution >= 0.6 is 0 Å². The Morgan fingerprint density at radius 3 is 2.68 bits per heavy atom. The third-order valence-corrected chi connectivity index (χ3v) is 3.47. The molecule has 0 aliphatic heterocycles. The summed E-state index contributed by atoms with van der Waals surface area (Å²) in [6, 6.07) is 12.7. The SMILES string of the molecule is COc1ccc(NC(=O)c2ccc3cc[nH]c3c2)c(OC)c1. The summed E-state index contributed by atoms with van der Waals surface area (Å²) in [4.78, 5) is 15.5. The third-order valence-electron chi connectivity index (χ3n) is 3.47. The largest absolute Gasteiger partial charge is 0.497 e. The van der Waals surface area contributed by atoms with E-state index in [9.17, 15) is 4.79 Å². The first kappa shape index (κ1) is 14.0. The molecular weight excluding hydrogens is 280 g/mol. The molecule has 0 aliphatic carbocycles. The van der Waals surface area contributed by atoms with Gasteiger partial charge in [0.1, 0.15) is 11.5 Å². The number of nitrogens with one attached hydrogen (secondary N) is 2. The van der Waals surface area contributed by atoms with Gasteiger partial charge in [-0.15, -0.1) is 0 Å². The van der Waals surface area contributed by atoms with Gasteiger partial charge in [0.25, 0.3) is 5.91 Å². The van der Waals surface area contributed by atoms with Crippen LogP contribution in [0.15, 0.2) is 48.7 Å². The van der Waals surface area contributed by atoms with Crippen LogP contribution in [0.25, 0.3) is 10.9 Å². The van der Waals surface area contributed by atoms with E-state index in [1.54, 1.807) is 38.5 Å². The lowest BCUT2D eigenvalue weighted by molar-refractivity contribution is 0.102. The van der Waals surface area contributed by atoms with E-state index in [1.165, 1.54) is 0 Å². The van der Waals surface area contributed by atoms with Crippen molar-refractivity contribution in [3.63, 3.8) is 0 Å². The van der Waals surface area contributed by atoms with Gasteiger partial charge in [0, 0.05) is 23.3 Å². The molecule has 3 aromatic rings. The first-order chi connectivity index (χ1) is 10.7. The van der Waals surface area contributed by atoms with Gasteiger partial charge < -0.3 is 19.8 Å². The van der Waals surface area contributed by atoms with Gasteiger partial charge in [-0.1, -0.05) is 6.07 Å². The molecule has 0 saturated carbocycles. The number of aromatic amines is 1. The molecular formula is C17H16N2O3. The average Bonchev–Trinajstić information content (AvgIpc) is 3.02. The maximum atomic E-state index is 12.4. The summed E-state index contributed by atoms with van der Waals surface area (Å²) < 4.78 is 10.4. The van der Waals surface area contributed by atoms with Crippen LogP contribution in [-0.2, 0) is 0 Å². The molecule has 22 heavy (non-hydrogen) atoms. The van der Waals surface area contributed by atoms with Crippen molar-refractivity contribution in [2.75, 3.05) is 19.5 Å². The quantitative estimate of drug-likeness (QED) is 0.775. The van der Waals surface area contributed by atoms with E-state index in [4.69, 9.17) is 9.47 Å². The molecule has 3 rings (SSSR count). The number of methoxy groups -OCH3 is 2. The first-order valence-corrected chi connectivity index (χ1v) is 6.82. The first-order valence-electron chi connectivity index (χ1n) is 6.82. The average molecular weight is 296 g/mol. The van der Waals surface area contributed by atoms with Crippen LogP contribution in [-0.4, -0.2) is 25.1 Å². The lowest BCUT2D eigenvalue weighted by atomic mass is 10.1. The predicted molar refractivity (Wildman–Crippen MR) is 85.8 cm³/mol. The molecule has 0 aliphatic rings. The maximum Gasteiger partial charge on any atom is 0.255 e. The van der Waals surface area contributed by atoms with Crippen LogP contribution in [0.4, 0.5) is 5.69 Å². The van der Waals surface area contributed by atoms with Gasteiger partial charge in [0.2, 0.25) is 0 Å². The van der Waals surface area contributed by atoms with Gasteiger partial charge in [0.15, 0.2) is 0 Å². The van der Waals surface area contributed by atoms with Crippen molar-refractivity contribution in [2.45, 2.75) is 0 Å². The Morgan fingerprint density at radius 2 is 1.91 bits per heavy atom. The zero-order valence-electron chi connectivity index (χ0n) is 12.3. The zero-order valence-corrected chi connectivity index (χ0v) is 12.3. The monoisotopic (exact) mass is 296 g/mol. The molecule has 0 saturated heterocycles. The number of benzene rings is 2. The lowest BCUT2D eigenvalue weighted by Crippen LogP contribution is -2.12. The standard InChI is InChI=1S/C17H16N2O3/c1-21-13-5-6-14(16(10-13)22-2)19-17(20)12-4-3-11-7-8-18-15(11)9-12/h3-10,18H,1-2H3,(H,19,20). The highest BCUT2D eigenvalue weighted by Crippen LogP contribution is 2.29. The van der Waals surface area contributed by atoms with Crippen molar-refractivity contribution in [3.05, 3.63) is 54.2 Å². The van der Waals surface area contributed by atoms with E-state index in [-0.39, 0.29) is 5.91 Å². The summed E-state index contributed by atoms with van der Waals surface area (Å²) in [5.41, 5.74) is 2.10. The summed E-state index contributed by atoms with van der Waals surface area (Å²) in [5.74, 6) is 1.02. The molecule has 5 heteroatoms. The second-order valence-electron chi connectivity index (χ2n) is 4.80. The van der Waals surface area contributed by atoms with Crippen molar-refractivity contribution in [3.8, 4) is 11.5 Å². The number of anilines is 1. The van der Waals surface area contributed by atoms with Gasteiger partial charge in [0.05, 0.1) is 19.9 Å². The fourth-order valence-corrected chi connectivity index (χ4v) is 2.29. The summed E-state index contributed by atoms with van der Waals surface area (Å²) >= 11 is 0. The molecule has 112 valence electrons. The van der Waals surface area contributed by atoms with Gasteiger partial charge in [-0.05, 0) is 35.7 Å². The Kier molecular flexibility index (Phi) is 3.70. The number of carbonyl (C=O) groups is 1. The van der Waals surface area contributed by atoms with E-state index in [2.05, 4.69) is 10.3 Å². The van der Waals surface area contributed by atoms with Crippen molar-refractivity contribution in [1.29, 1.82) is 0 Å². The number of rotatable bonds is 4. The zero-order chi connectivity index (χ0) is 15.5. The van der Waals surface area contributed by atoms with E-state index >= 15 is 0 Å². The Labute approximate surface area is 127 Å². The molecule has 0 radical (unpaired) electrons. The van der Waals surface area contributed by atoms with Gasteiger partial charge in [-0.2, -0.15) is 0 Å². The van der Waals surface area contributed by atoms with E-state index < -0.39 is 0 Å². The lowest BCUT2D eigenvalue weighted by Gasteiger charge is -2.11. The molecule has 2 aromatic carbocycles. The Balaban J connectivity index is 1.87. The number of hydrogen-bond donors (Lipinski definition) is 2. The normalized spacial score (nSPS) is 10.5. The second-order valence-corrected chi connectivity index (χ2v) is 4.80. The van der Waals surface area contributed by atoms with E-state index in [0.717, 1.165) is 10.9 Å². The number of aromatic nitrogens is 1. The highest BCUT2D eigenvalue weighted by molar-refractivity contribution is 6.06. The maximum absolute atomic E-state index is 12.4. The van der Waals surface area contributed by atoms with Gasteiger partial charge >= 0.3 is 0 Å². The van der Waals surface area contributed by atoms with E-state index in [1.807, 2.05) is 24.4 Å². The fraction of sp³-hybridized carbons (Fsp3) is 0.118. The molecule has 5 nitrogen and oxygen atoms in total. The number of fused-ring (bicyclic) bond motifs is 1. The molecule has 1 aromatic heterocycles. The summed E-state index contributed by atoms with van der Waals surface area (Å²) in [7, 11) is 3.13. The Morgan fingerprint density at radius 1 is 1.05 bits per heavy atom. The minimum absolute atomic E-state index is 0.194. The van der Waals surface area contributed by atoms with Crippen LogP contribution < -0.4 is 14.8 Å². The highest BCUT2D eigenvalue weighted by Gasteiger charge is 2.11. The van der Waals surface area contributed by atoms with Crippen molar-refractivity contribution in [1.82, 2.24) is 4.98 Å². The summed E-state index contributed by atoms with van der Waals surface area (Å²) in [6.45, 7) is 0. The molecule has 2 N–H and O–H groups in total. The number of carbonyl (C=O) groups excluding carboxylic acids is 1.